The van der Waals surface area contributed by atoms with Crippen LogP contribution in [-0.2, 0) is 6.42 Å². The number of hydrogen-bond donors (Lipinski definition) is 5. The Hall–Kier alpha value is -0.850. The molecule has 0 bridgehead atoms. The molecule has 0 aliphatic rings. The van der Waals surface area contributed by atoms with Crippen LogP contribution in [0.2, 0.25) is 0 Å². The van der Waals surface area contributed by atoms with E-state index in [9.17, 15) is 0 Å². The van der Waals surface area contributed by atoms with Gasteiger partial charge in [-0.25, -0.2) is 0 Å². The van der Waals surface area contributed by atoms with E-state index in [4.69, 9.17) is 25.8 Å². The maximum atomic E-state index is 8.84. The standard InChI is InChI=1S/C8H13B2NO4/c11-8(10(14)15)5-6-1-3-7(4-2-6)9(12)13/h1-4,8,12-15H,5,11H2. The fraction of sp³-hybridized carbons (Fsp3) is 0.250. The summed E-state index contributed by atoms with van der Waals surface area (Å²) in [4.78, 5) is 0. The van der Waals surface area contributed by atoms with Crippen LogP contribution in [0.3, 0.4) is 0 Å². The lowest BCUT2D eigenvalue weighted by Crippen LogP contribution is -2.40. The van der Waals surface area contributed by atoms with Crippen molar-refractivity contribution < 1.29 is 20.1 Å². The van der Waals surface area contributed by atoms with Gasteiger partial charge in [0.1, 0.15) is 0 Å². The molecule has 0 radical (unpaired) electrons. The first-order valence-electron chi connectivity index (χ1n) is 4.57. The summed E-state index contributed by atoms with van der Waals surface area (Å²) in [6.45, 7) is 0. The molecule has 7 heteroatoms. The Morgan fingerprint density at radius 2 is 1.60 bits per heavy atom. The Kier molecular flexibility index (Phi) is 4.31. The second kappa shape index (κ2) is 5.29. The van der Waals surface area contributed by atoms with E-state index < -0.39 is 20.2 Å². The minimum atomic E-state index is -1.55. The molecule has 5 nitrogen and oxygen atoms in total. The summed E-state index contributed by atoms with van der Waals surface area (Å²) in [5.41, 5.74) is 6.64. The minimum absolute atomic E-state index is 0.319. The Morgan fingerprint density at radius 1 is 1.07 bits per heavy atom. The van der Waals surface area contributed by atoms with Gasteiger partial charge in [-0.2, -0.15) is 0 Å². The summed E-state index contributed by atoms with van der Waals surface area (Å²) in [6, 6.07) is 6.43. The van der Waals surface area contributed by atoms with Crippen LogP contribution in [0, 0.1) is 0 Å². The van der Waals surface area contributed by atoms with Gasteiger partial charge in [0.15, 0.2) is 0 Å². The van der Waals surface area contributed by atoms with E-state index in [0.717, 1.165) is 5.56 Å². The summed E-state index contributed by atoms with van der Waals surface area (Å²) < 4.78 is 0. The molecule has 0 fully saturated rings. The molecule has 1 aromatic rings. The molecule has 0 aliphatic heterocycles. The van der Waals surface area contributed by atoms with E-state index >= 15 is 0 Å². The van der Waals surface area contributed by atoms with E-state index in [0.29, 0.717) is 11.9 Å². The maximum Gasteiger partial charge on any atom is 0.488 e. The highest BCUT2D eigenvalue weighted by atomic mass is 16.4. The molecule has 1 aromatic carbocycles. The van der Waals surface area contributed by atoms with Crippen LogP contribution >= 0.6 is 0 Å². The number of nitrogens with two attached hydrogens (primary N) is 1. The van der Waals surface area contributed by atoms with Crippen LogP contribution in [0.25, 0.3) is 0 Å². The van der Waals surface area contributed by atoms with Gasteiger partial charge in [0.2, 0.25) is 0 Å². The number of rotatable bonds is 4. The van der Waals surface area contributed by atoms with Gasteiger partial charge in [-0.15, -0.1) is 0 Å². The van der Waals surface area contributed by atoms with Crippen LogP contribution < -0.4 is 11.2 Å². The van der Waals surface area contributed by atoms with Crippen molar-refractivity contribution in [3.8, 4) is 0 Å². The third-order valence-corrected chi connectivity index (χ3v) is 2.13. The third kappa shape index (κ3) is 3.65. The van der Waals surface area contributed by atoms with Gasteiger partial charge in [-0.3, -0.25) is 0 Å². The number of benzene rings is 1. The Balaban J connectivity index is 2.64. The zero-order valence-electron chi connectivity index (χ0n) is 8.11. The van der Waals surface area contributed by atoms with Crippen LogP contribution in [0.5, 0.6) is 0 Å². The van der Waals surface area contributed by atoms with Crippen molar-refractivity contribution in [1.29, 1.82) is 0 Å². The van der Waals surface area contributed by atoms with Gasteiger partial charge in [-0.05, 0) is 17.4 Å². The third-order valence-electron chi connectivity index (χ3n) is 2.13. The molecule has 0 heterocycles. The largest absolute Gasteiger partial charge is 0.488 e. The minimum Gasteiger partial charge on any atom is -0.426 e. The maximum absolute atomic E-state index is 8.84. The van der Waals surface area contributed by atoms with E-state index in [-0.39, 0.29) is 0 Å². The molecule has 0 spiro atoms. The molecular weight excluding hydrogens is 196 g/mol. The lowest BCUT2D eigenvalue weighted by atomic mass is 9.75. The average Bonchev–Trinajstić information content (AvgIpc) is 2.18. The average molecular weight is 209 g/mol. The van der Waals surface area contributed by atoms with Crippen LogP contribution in [0.4, 0.5) is 0 Å². The van der Waals surface area contributed by atoms with Crippen molar-refractivity contribution in [2.24, 2.45) is 5.73 Å². The van der Waals surface area contributed by atoms with Crippen molar-refractivity contribution in [3.63, 3.8) is 0 Å². The van der Waals surface area contributed by atoms with Gasteiger partial charge >= 0.3 is 14.2 Å². The lowest BCUT2D eigenvalue weighted by molar-refractivity contribution is 0.386. The van der Waals surface area contributed by atoms with E-state index in [2.05, 4.69) is 0 Å². The van der Waals surface area contributed by atoms with E-state index in [1.54, 1.807) is 24.3 Å². The van der Waals surface area contributed by atoms with Crippen LogP contribution in [-0.4, -0.2) is 40.3 Å². The molecule has 80 valence electrons. The van der Waals surface area contributed by atoms with Gasteiger partial charge in [0.25, 0.3) is 0 Å². The van der Waals surface area contributed by atoms with Crippen molar-refractivity contribution in [2.45, 2.75) is 12.4 Å². The first-order chi connectivity index (χ1) is 7.00. The molecule has 0 saturated carbocycles. The zero-order valence-corrected chi connectivity index (χ0v) is 8.11. The molecule has 6 N–H and O–H groups in total. The summed E-state index contributed by atoms with van der Waals surface area (Å²) in [5, 5.41) is 35.2. The second-order valence-electron chi connectivity index (χ2n) is 3.40. The highest BCUT2D eigenvalue weighted by molar-refractivity contribution is 6.58. The Morgan fingerprint density at radius 3 is 2.00 bits per heavy atom. The fourth-order valence-electron chi connectivity index (χ4n) is 1.20. The lowest BCUT2D eigenvalue weighted by Gasteiger charge is -2.10. The first-order valence-corrected chi connectivity index (χ1v) is 4.57. The van der Waals surface area contributed by atoms with Crippen molar-refractivity contribution in [2.75, 3.05) is 0 Å². The SMILES string of the molecule is NC(Cc1ccc(B(O)O)cc1)B(O)O. The second-order valence-corrected chi connectivity index (χ2v) is 3.40. The molecule has 0 aliphatic carbocycles. The summed E-state index contributed by atoms with van der Waals surface area (Å²) in [7, 11) is -3.04. The Bertz CT molecular complexity index is 304. The van der Waals surface area contributed by atoms with Crippen molar-refractivity contribution in [1.82, 2.24) is 0 Å². The highest BCUT2D eigenvalue weighted by Crippen LogP contribution is 2.01. The van der Waals surface area contributed by atoms with Gasteiger partial charge in [0, 0.05) is 5.94 Å². The normalized spacial score (nSPS) is 12.3. The van der Waals surface area contributed by atoms with Gasteiger partial charge in [0.05, 0.1) is 0 Å². The monoisotopic (exact) mass is 209 g/mol. The predicted octanol–water partition coefficient (Wildman–Crippen LogP) is -2.75. The fourth-order valence-corrected chi connectivity index (χ4v) is 1.20. The molecule has 1 atom stereocenters. The van der Waals surface area contributed by atoms with E-state index in [1.807, 2.05) is 0 Å². The highest BCUT2D eigenvalue weighted by Gasteiger charge is 2.19. The van der Waals surface area contributed by atoms with Crippen LogP contribution in [0.15, 0.2) is 24.3 Å². The summed E-state index contributed by atoms with van der Waals surface area (Å²) >= 11 is 0. The quantitative estimate of drug-likeness (QED) is 0.345. The first kappa shape index (κ1) is 12.2. The zero-order chi connectivity index (χ0) is 11.4. The van der Waals surface area contributed by atoms with Gasteiger partial charge in [-0.1, -0.05) is 24.3 Å². The molecule has 1 unspecified atom stereocenters. The topological polar surface area (TPSA) is 107 Å². The molecule has 0 aromatic heterocycles. The predicted molar refractivity (Wildman–Crippen MR) is 58.1 cm³/mol. The van der Waals surface area contributed by atoms with Gasteiger partial charge < -0.3 is 25.8 Å². The smallest absolute Gasteiger partial charge is 0.426 e. The molecule has 0 saturated heterocycles. The molecular formula is C8H13B2NO4. The molecule has 0 amide bonds. The number of hydrogen-bond acceptors (Lipinski definition) is 5. The molecule has 1 rings (SSSR count). The van der Waals surface area contributed by atoms with E-state index in [1.165, 1.54) is 0 Å². The molecule has 15 heavy (non-hydrogen) atoms. The van der Waals surface area contributed by atoms with Crippen molar-refractivity contribution >= 4 is 19.7 Å². The van der Waals surface area contributed by atoms with Crippen LogP contribution in [0.1, 0.15) is 5.56 Å². The Labute approximate surface area is 88.5 Å². The van der Waals surface area contributed by atoms with Crippen molar-refractivity contribution in [3.05, 3.63) is 29.8 Å². The summed E-state index contributed by atoms with van der Waals surface area (Å²) in [6.07, 6.45) is 0.319. The summed E-state index contributed by atoms with van der Waals surface area (Å²) in [5.74, 6) is -0.741.